The van der Waals surface area contributed by atoms with Gasteiger partial charge in [0.2, 0.25) is 0 Å². The number of sulfonamides is 1. The third-order valence-corrected chi connectivity index (χ3v) is 7.46. The molecule has 1 amide bonds. The van der Waals surface area contributed by atoms with Gasteiger partial charge in [-0.15, -0.1) is 11.8 Å². The molecule has 0 spiro atoms. The van der Waals surface area contributed by atoms with Crippen LogP contribution in [-0.2, 0) is 14.8 Å². The monoisotopic (exact) mass is 494 g/mol. The average Bonchev–Trinajstić information content (AvgIpc) is 2.71. The van der Waals surface area contributed by atoms with Gasteiger partial charge in [0.25, 0.3) is 15.9 Å². The van der Waals surface area contributed by atoms with Crippen LogP contribution in [0.15, 0.2) is 40.1 Å². The molecule has 0 atom stereocenters. The summed E-state index contributed by atoms with van der Waals surface area (Å²) >= 11 is 19.3. The summed E-state index contributed by atoms with van der Waals surface area (Å²) < 4.78 is 33.5. The lowest BCUT2D eigenvalue weighted by molar-refractivity contribution is 0.0300. The van der Waals surface area contributed by atoms with Crippen LogP contribution in [0.2, 0.25) is 15.1 Å². The molecular weight excluding hydrogens is 479 g/mol. The molecule has 6 nitrogen and oxygen atoms in total. The summed E-state index contributed by atoms with van der Waals surface area (Å²) in [4.78, 5) is 15.2. The molecular formula is C18H17Cl3N2O4S2. The maximum absolute atomic E-state index is 12.9. The minimum atomic E-state index is -4.02. The van der Waals surface area contributed by atoms with Gasteiger partial charge < -0.3 is 9.64 Å². The van der Waals surface area contributed by atoms with Gasteiger partial charge in [-0.1, -0.05) is 34.8 Å². The predicted octanol–water partition coefficient (Wildman–Crippen LogP) is 4.64. The minimum Gasteiger partial charge on any atom is -0.378 e. The van der Waals surface area contributed by atoms with Crippen LogP contribution in [0.3, 0.4) is 0 Å². The fourth-order valence-corrected chi connectivity index (χ4v) is 5.08. The van der Waals surface area contributed by atoms with Gasteiger partial charge in [-0.25, -0.2) is 8.42 Å². The number of morpholine rings is 1. The zero-order chi connectivity index (χ0) is 21.2. The van der Waals surface area contributed by atoms with Crippen molar-refractivity contribution in [2.24, 2.45) is 0 Å². The van der Waals surface area contributed by atoms with Crippen molar-refractivity contribution in [1.82, 2.24) is 4.90 Å². The van der Waals surface area contributed by atoms with Crippen molar-refractivity contribution in [1.29, 1.82) is 0 Å². The predicted molar refractivity (Wildman–Crippen MR) is 117 cm³/mol. The van der Waals surface area contributed by atoms with E-state index in [2.05, 4.69) is 4.72 Å². The third-order valence-electron chi connectivity index (χ3n) is 4.26. The molecule has 0 bridgehead atoms. The quantitative estimate of drug-likeness (QED) is 0.483. The first-order valence-corrected chi connectivity index (χ1v) is 12.3. The van der Waals surface area contributed by atoms with Gasteiger partial charge in [0.1, 0.15) is 0 Å². The number of halogens is 3. The van der Waals surface area contributed by atoms with Gasteiger partial charge in [0.05, 0.1) is 44.4 Å². The largest absolute Gasteiger partial charge is 0.378 e. The second-order valence-electron chi connectivity index (χ2n) is 6.12. The van der Waals surface area contributed by atoms with E-state index < -0.39 is 10.0 Å². The lowest BCUT2D eigenvalue weighted by atomic mass is 10.2. The third kappa shape index (κ3) is 5.13. The Morgan fingerprint density at radius 1 is 1.07 bits per heavy atom. The molecule has 29 heavy (non-hydrogen) atoms. The minimum absolute atomic E-state index is 0.0611. The smallest absolute Gasteiger partial charge is 0.261 e. The standard InChI is InChI=1S/C18H17Cl3N2O4S2/c1-28-17-3-2-11(8-12(17)18(24)23-4-6-27-7-5-23)29(25,26)22-16-10-14(20)13(19)9-15(16)21/h2-3,8-10,22H,4-7H2,1H3. The Kier molecular flexibility index (Phi) is 7.24. The Morgan fingerprint density at radius 2 is 1.72 bits per heavy atom. The first-order valence-electron chi connectivity index (χ1n) is 8.45. The summed E-state index contributed by atoms with van der Waals surface area (Å²) in [6.07, 6.45) is 1.83. The van der Waals surface area contributed by atoms with E-state index in [4.69, 9.17) is 39.5 Å². The van der Waals surface area contributed by atoms with Crippen LogP contribution < -0.4 is 4.72 Å². The summed E-state index contributed by atoms with van der Waals surface area (Å²) in [6.45, 7) is 1.83. The van der Waals surface area contributed by atoms with Crippen LogP contribution in [0.25, 0.3) is 0 Å². The number of carbonyl (C=O) groups is 1. The van der Waals surface area contributed by atoms with E-state index in [0.717, 1.165) is 0 Å². The summed E-state index contributed by atoms with van der Waals surface area (Å²) in [6, 6.07) is 7.11. The second-order valence-corrected chi connectivity index (χ2v) is 9.87. The number of carbonyl (C=O) groups excluding carboxylic acids is 1. The molecule has 156 valence electrons. The molecule has 1 fully saturated rings. The first-order chi connectivity index (χ1) is 13.7. The van der Waals surface area contributed by atoms with Crippen molar-refractivity contribution in [2.75, 3.05) is 37.3 Å². The zero-order valence-electron chi connectivity index (χ0n) is 15.2. The molecule has 0 unspecified atom stereocenters. The number of ether oxygens (including phenoxy) is 1. The topological polar surface area (TPSA) is 75.7 Å². The lowest BCUT2D eigenvalue weighted by Crippen LogP contribution is -2.41. The number of benzene rings is 2. The number of nitrogens with zero attached hydrogens (tertiary/aromatic N) is 1. The molecule has 1 N–H and O–H groups in total. The second kappa shape index (κ2) is 9.32. The van der Waals surface area contributed by atoms with E-state index >= 15 is 0 Å². The average molecular weight is 496 g/mol. The molecule has 0 aromatic heterocycles. The number of thioether (sulfide) groups is 1. The van der Waals surface area contributed by atoms with Crippen molar-refractivity contribution < 1.29 is 17.9 Å². The Morgan fingerprint density at radius 3 is 2.38 bits per heavy atom. The van der Waals surface area contributed by atoms with Crippen LogP contribution in [0.4, 0.5) is 5.69 Å². The van der Waals surface area contributed by atoms with Crippen molar-refractivity contribution in [3.05, 3.63) is 51.0 Å². The van der Waals surface area contributed by atoms with Crippen molar-refractivity contribution >= 4 is 68.2 Å². The highest BCUT2D eigenvalue weighted by Gasteiger charge is 2.24. The Balaban J connectivity index is 1.95. The van der Waals surface area contributed by atoms with Crippen molar-refractivity contribution in [2.45, 2.75) is 9.79 Å². The Bertz CT molecular complexity index is 1040. The van der Waals surface area contributed by atoms with Crippen LogP contribution in [0.5, 0.6) is 0 Å². The molecule has 1 saturated heterocycles. The first kappa shape index (κ1) is 22.5. The molecule has 2 aromatic carbocycles. The fourth-order valence-electron chi connectivity index (χ4n) is 2.76. The molecule has 2 aromatic rings. The zero-order valence-corrected chi connectivity index (χ0v) is 19.1. The fraction of sp³-hybridized carbons (Fsp3) is 0.278. The van der Waals surface area contributed by atoms with Crippen LogP contribution in [0.1, 0.15) is 10.4 Å². The highest BCUT2D eigenvalue weighted by molar-refractivity contribution is 7.98. The van der Waals surface area contributed by atoms with E-state index in [1.165, 1.54) is 36.0 Å². The normalized spacial score (nSPS) is 14.7. The van der Waals surface area contributed by atoms with Gasteiger partial charge >= 0.3 is 0 Å². The van der Waals surface area contributed by atoms with Gasteiger partial charge in [-0.3, -0.25) is 9.52 Å². The van der Waals surface area contributed by atoms with E-state index in [1.807, 2.05) is 6.26 Å². The molecule has 1 aliphatic rings. The van der Waals surface area contributed by atoms with Gasteiger partial charge in [-0.05, 0) is 36.6 Å². The van der Waals surface area contributed by atoms with Crippen molar-refractivity contribution in [3.8, 4) is 0 Å². The molecule has 0 saturated carbocycles. The number of rotatable bonds is 5. The van der Waals surface area contributed by atoms with Crippen LogP contribution in [0, 0.1) is 0 Å². The number of nitrogens with one attached hydrogen (secondary N) is 1. The molecule has 0 aliphatic carbocycles. The molecule has 1 heterocycles. The molecule has 11 heteroatoms. The molecule has 1 aliphatic heterocycles. The van der Waals surface area contributed by atoms with E-state index in [9.17, 15) is 13.2 Å². The number of hydrogen-bond acceptors (Lipinski definition) is 5. The SMILES string of the molecule is CSc1ccc(S(=O)(=O)Nc2cc(Cl)c(Cl)cc2Cl)cc1C(=O)N1CCOCC1. The molecule has 0 radical (unpaired) electrons. The summed E-state index contributed by atoms with van der Waals surface area (Å²) in [5.74, 6) is -0.234. The molecule has 3 rings (SSSR count). The van der Waals surface area contributed by atoms with Crippen LogP contribution in [-0.4, -0.2) is 51.8 Å². The maximum atomic E-state index is 12.9. The van der Waals surface area contributed by atoms with Gasteiger partial charge in [-0.2, -0.15) is 0 Å². The number of hydrogen-bond donors (Lipinski definition) is 1. The summed E-state index contributed by atoms with van der Waals surface area (Å²) in [7, 11) is -4.02. The van der Waals surface area contributed by atoms with Crippen molar-refractivity contribution in [3.63, 3.8) is 0 Å². The highest BCUT2D eigenvalue weighted by Crippen LogP contribution is 2.34. The van der Waals surface area contributed by atoms with Crippen LogP contribution >= 0.6 is 46.6 Å². The highest BCUT2D eigenvalue weighted by atomic mass is 35.5. The number of anilines is 1. The summed E-state index contributed by atoms with van der Waals surface area (Å²) in [5.41, 5.74) is 0.415. The number of amides is 1. The Labute approximate surface area is 188 Å². The summed E-state index contributed by atoms with van der Waals surface area (Å²) in [5, 5.41) is 0.477. The maximum Gasteiger partial charge on any atom is 0.261 e. The lowest BCUT2D eigenvalue weighted by Gasteiger charge is -2.27. The Hall–Kier alpha value is -1.16. The van der Waals surface area contributed by atoms with Gasteiger partial charge in [0, 0.05) is 18.0 Å². The van der Waals surface area contributed by atoms with E-state index in [-0.39, 0.29) is 31.6 Å². The van der Waals surface area contributed by atoms with E-state index in [0.29, 0.717) is 36.8 Å². The van der Waals surface area contributed by atoms with E-state index in [1.54, 1.807) is 11.0 Å². The van der Waals surface area contributed by atoms with Gasteiger partial charge in [0.15, 0.2) is 0 Å².